The van der Waals surface area contributed by atoms with Crippen LogP contribution in [-0.4, -0.2) is 23.8 Å². The van der Waals surface area contributed by atoms with Crippen molar-refractivity contribution < 1.29 is 21.1 Å². The summed E-state index contributed by atoms with van der Waals surface area (Å²) in [6.07, 6.45) is 1.81. The van der Waals surface area contributed by atoms with Gasteiger partial charge in [-0.05, 0) is 12.1 Å². The number of fused-ring (bicyclic) bond motifs is 1. The van der Waals surface area contributed by atoms with Gasteiger partial charge in [-0.2, -0.15) is 0 Å². The predicted molar refractivity (Wildman–Crippen MR) is 48.9 cm³/mol. The summed E-state index contributed by atoms with van der Waals surface area (Å²) in [5.74, 6) is 0. The molecule has 2 rings (SSSR count). The van der Waals surface area contributed by atoms with E-state index in [0.717, 1.165) is 5.52 Å². The second-order valence-electron chi connectivity index (χ2n) is 2.20. The number of pyridine rings is 1. The molecule has 1 aromatic carbocycles. The molecule has 0 N–H and O–H groups in total. The van der Waals surface area contributed by atoms with Crippen LogP contribution in [0.1, 0.15) is 0 Å². The van der Waals surface area contributed by atoms with E-state index in [0.29, 0.717) is 0 Å². The summed E-state index contributed by atoms with van der Waals surface area (Å²) < 4.78 is 0. The molecule has 0 spiro atoms. The first-order chi connectivity index (χ1) is 4.97. The molecule has 0 fully saturated rings. The molecule has 1 aromatic heterocycles. The second kappa shape index (κ2) is 5.54. The number of hydrogen-bond donors (Lipinski definition) is 0. The predicted octanol–water partition coefficient (Wildman–Crippen LogP) is 1.58. The van der Waals surface area contributed by atoms with Crippen molar-refractivity contribution in [2.75, 3.05) is 0 Å². The van der Waals surface area contributed by atoms with Crippen molar-refractivity contribution >= 4 is 29.8 Å². The second-order valence-corrected chi connectivity index (χ2v) is 2.20. The smallest absolute Gasteiger partial charge is 0.0701 e. The fraction of sp³-hybridized carbons (Fsp3) is 0. The van der Waals surface area contributed by atoms with Crippen LogP contribution in [0.2, 0.25) is 0 Å². The number of nitrogens with zero attached hydrogens (tertiary/aromatic N) is 1. The zero-order valence-electron chi connectivity index (χ0n) is 5.90. The Bertz CT molecular complexity index is 286. The third-order valence-corrected chi connectivity index (χ3v) is 1.51. The van der Waals surface area contributed by atoms with Crippen LogP contribution in [-0.2, 0) is 21.1 Å². The van der Waals surface area contributed by atoms with Crippen LogP contribution in [0.3, 0.4) is 0 Å². The maximum atomic E-state index is 4.18. The fourth-order valence-corrected chi connectivity index (χ4v) is 1.02. The summed E-state index contributed by atoms with van der Waals surface area (Å²) in [6.45, 7) is 0. The Hall–Kier alpha value is -0.0843. The SMILES string of the molecule is [LiH].[Mo].c1ccc2ncccc2c1. The van der Waals surface area contributed by atoms with Crippen LogP contribution in [0.4, 0.5) is 0 Å². The molecule has 1 nitrogen and oxygen atoms in total. The summed E-state index contributed by atoms with van der Waals surface area (Å²) in [7, 11) is 0. The average Bonchev–Trinajstić information content (AvgIpc) is 2.05. The van der Waals surface area contributed by atoms with Gasteiger partial charge >= 0.3 is 18.9 Å². The van der Waals surface area contributed by atoms with Gasteiger partial charge in [0.25, 0.3) is 0 Å². The van der Waals surface area contributed by atoms with Crippen LogP contribution in [0.15, 0.2) is 42.6 Å². The Kier molecular flexibility index (Phi) is 5.50. The number of rotatable bonds is 0. The molecule has 0 atom stereocenters. The molecule has 0 saturated carbocycles. The normalized spacial score (nSPS) is 8.33. The third kappa shape index (κ3) is 2.46. The van der Waals surface area contributed by atoms with Crippen molar-refractivity contribution in [1.82, 2.24) is 4.98 Å². The quantitative estimate of drug-likeness (QED) is 0.629. The molecule has 0 aliphatic heterocycles. The molecule has 0 bridgehead atoms. The van der Waals surface area contributed by atoms with Gasteiger partial charge in [-0.1, -0.05) is 24.3 Å². The summed E-state index contributed by atoms with van der Waals surface area (Å²) in [6, 6.07) is 12.1. The molecular formula is C9H8LiMoN. The van der Waals surface area contributed by atoms with Gasteiger partial charge in [0, 0.05) is 32.6 Å². The van der Waals surface area contributed by atoms with Crippen LogP contribution in [0, 0.1) is 0 Å². The van der Waals surface area contributed by atoms with Crippen molar-refractivity contribution in [3.63, 3.8) is 0 Å². The van der Waals surface area contributed by atoms with E-state index in [4.69, 9.17) is 0 Å². The topological polar surface area (TPSA) is 12.9 Å². The first kappa shape index (κ1) is 11.9. The minimum absolute atomic E-state index is 0. The van der Waals surface area contributed by atoms with Gasteiger partial charge in [0.15, 0.2) is 0 Å². The summed E-state index contributed by atoms with van der Waals surface area (Å²) in [5.41, 5.74) is 1.06. The van der Waals surface area contributed by atoms with E-state index in [1.807, 2.05) is 30.5 Å². The van der Waals surface area contributed by atoms with Crippen molar-refractivity contribution in [3.05, 3.63) is 42.6 Å². The molecule has 1 heterocycles. The maximum Gasteiger partial charge on any atom is 0.0701 e. The average molecular weight is 233 g/mol. The molecular weight excluding hydrogens is 225 g/mol. The Morgan fingerprint density at radius 3 is 2.33 bits per heavy atom. The summed E-state index contributed by atoms with van der Waals surface area (Å²) >= 11 is 0. The van der Waals surface area contributed by atoms with E-state index in [2.05, 4.69) is 17.1 Å². The van der Waals surface area contributed by atoms with Crippen LogP contribution in [0.5, 0.6) is 0 Å². The van der Waals surface area contributed by atoms with Gasteiger partial charge < -0.3 is 0 Å². The first-order valence-corrected chi connectivity index (χ1v) is 3.26. The van der Waals surface area contributed by atoms with Crippen molar-refractivity contribution in [2.45, 2.75) is 0 Å². The Labute approximate surface area is 98.0 Å². The van der Waals surface area contributed by atoms with Gasteiger partial charge in [-0.3, -0.25) is 4.98 Å². The van der Waals surface area contributed by atoms with E-state index in [-0.39, 0.29) is 39.9 Å². The summed E-state index contributed by atoms with van der Waals surface area (Å²) in [4.78, 5) is 4.18. The molecule has 0 saturated heterocycles. The molecule has 0 radical (unpaired) electrons. The number of hydrogen-bond acceptors (Lipinski definition) is 1. The Morgan fingerprint density at radius 1 is 0.917 bits per heavy atom. The molecule has 3 heteroatoms. The number of aromatic nitrogens is 1. The van der Waals surface area contributed by atoms with Gasteiger partial charge in [0.1, 0.15) is 0 Å². The van der Waals surface area contributed by atoms with Gasteiger partial charge in [-0.25, -0.2) is 0 Å². The summed E-state index contributed by atoms with van der Waals surface area (Å²) in [5, 5.41) is 1.20. The molecule has 12 heavy (non-hydrogen) atoms. The van der Waals surface area contributed by atoms with E-state index in [1.165, 1.54) is 5.39 Å². The van der Waals surface area contributed by atoms with Crippen molar-refractivity contribution in [1.29, 1.82) is 0 Å². The standard InChI is InChI=1S/C9H7N.Li.Mo.H/c1-2-6-9-8(4-1)5-3-7-10-9;;;/h1-7H;;;. The molecule has 56 valence electrons. The van der Waals surface area contributed by atoms with E-state index in [1.54, 1.807) is 0 Å². The Balaban J connectivity index is 0.000000605. The van der Waals surface area contributed by atoms with E-state index < -0.39 is 0 Å². The van der Waals surface area contributed by atoms with E-state index >= 15 is 0 Å². The molecule has 2 aromatic rings. The van der Waals surface area contributed by atoms with Crippen molar-refractivity contribution in [3.8, 4) is 0 Å². The maximum absolute atomic E-state index is 4.18. The van der Waals surface area contributed by atoms with Crippen LogP contribution in [0.25, 0.3) is 10.9 Å². The molecule has 0 unspecified atom stereocenters. The monoisotopic (exact) mass is 235 g/mol. The van der Waals surface area contributed by atoms with Crippen LogP contribution >= 0.6 is 0 Å². The van der Waals surface area contributed by atoms with Crippen molar-refractivity contribution in [2.24, 2.45) is 0 Å². The van der Waals surface area contributed by atoms with Gasteiger partial charge in [-0.15, -0.1) is 0 Å². The van der Waals surface area contributed by atoms with Gasteiger partial charge in [0.05, 0.1) is 5.52 Å². The number of benzene rings is 1. The minimum Gasteiger partial charge on any atom is -0.256 e. The fourth-order valence-electron chi connectivity index (χ4n) is 1.02. The van der Waals surface area contributed by atoms with Crippen LogP contribution < -0.4 is 0 Å². The molecule has 0 aliphatic carbocycles. The Morgan fingerprint density at radius 2 is 1.58 bits per heavy atom. The minimum atomic E-state index is 0. The zero-order chi connectivity index (χ0) is 6.81. The first-order valence-electron chi connectivity index (χ1n) is 3.26. The van der Waals surface area contributed by atoms with E-state index in [9.17, 15) is 0 Å². The van der Waals surface area contributed by atoms with Gasteiger partial charge in [0.2, 0.25) is 0 Å². The molecule has 0 amide bonds. The largest absolute Gasteiger partial charge is 0.256 e. The number of para-hydroxylation sites is 1. The third-order valence-electron chi connectivity index (χ3n) is 1.51. The zero-order valence-corrected chi connectivity index (χ0v) is 7.90. The molecule has 0 aliphatic rings.